The summed E-state index contributed by atoms with van der Waals surface area (Å²) in [4.78, 5) is 14.8. The highest BCUT2D eigenvalue weighted by molar-refractivity contribution is 6.09. The van der Waals surface area contributed by atoms with Crippen molar-refractivity contribution in [3.63, 3.8) is 0 Å². The van der Waals surface area contributed by atoms with Gasteiger partial charge in [-0.15, -0.1) is 0 Å². The Kier molecular flexibility index (Phi) is 15.3. The molecule has 0 fully saturated rings. The van der Waals surface area contributed by atoms with Crippen LogP contribution in [0.4, 0.5) is 91.0 Å². The van der Waals surface area contributed by atoms with Crippen LogP contribution in [0.25, 0.3) is 57.3 Å². The van der Waals surface area contributed by atoms with Crippen molar-refractivity contribution < 1.29 is 0 Å². The summed E-state index contributed by atoms with van der Waals surface area (Å²) in [6, 6.07) is 125. The van der Waals surface area contributed by atoms with Gasteiger partial charge in [0.15, 0.2) is 0 Å². The third-order valence-electron chi connectivity index (χ3n) is 24.6. The standard InChI is InChI=1S/C104H82N6/c1-103(2)88-63-70(45-57-83(88)85-59-55-80(66-90(85)103)105-62-22-25-74-23-8-12-30-92(74)105)41-40-69-43-51-78(52-44-69)108-95-32-14-16-34-97(95)109(98-35-17-15-33-96(98)108)79-53-48-72(49-54-79)76-65-75-24-9-13-31-93(75)106(68-76)81-56-60-86-84-58-46-71(64-89(84)104(3,4)91(86)67-81)42-47-73-50-61-94(87-29-11-10-28-82(73)87)110-101-38-20-18-36-99(101)107(77-26-6-5-7-27-77)100-37-19-21-39-102(100)110/h5-21,23-24,26-61,63-64,66-67,76H,22,25,62,65,68H2,1-4H3. The fraction of sp³-hybridized carbons (Fsp3) is 0.115. The highest BCUT2D eigenvalue weighted by atomic mass is 15.3. The first-order valence-electron chi connectivity index (χ1n) is 39.1. The van der Waals surface area contributed by atoms with E-state index in [9.17, 15) is 0 Å². The van der Waals surface area contributed by atoms with Crippen molar-refractivity contribution in [1.29, 1.82) is 0 Å². The SMILES string of the molecule is CC1(C)c2cc(C=Cc3ccc(N4c5ccccc5N(c5ccc(C6Cc7ccccc7N(c7ccc8c(c7)C(C)(C)c7cc(C=Cc9ccc(N%10c%11ccccc%11N(c%11ccccc%11)c%11ccccc%11%10)c%10ccccc9%10)ccc7-8)C6)cc5)c5ccccc54)cc3)ccc2-c2ccc(N3CCCc4ccccc43)cc21. The Hall–Kier alpha value is -13.2. The molecule has 6 nitrogen and oxygen atoms in total. The van der Waals surface area contributed by atoms with E-state index in [1.165, 1.54) is 118 Å². The van der Waals surface area contributed by atoms with Crippen LogP contribution in [-0.4, -0.2) is 13.1 Å². The Morgan fingerprint density at radius 3 is 1.20 bits per heavy atom. The first kappa shape index (κ1) is 65.2. The van der Waals surface area contributed by atoms with Gasteiger partial charge in [-0.05, 0) is 235 Å². The predicted octanol–water partition coefficient (Wildman–Crippen LogP) is 27.9. The fourth-order valence-electron chi connectivity index (χ4n) is 19.1. The molecule has 0 saturated heterocycles. The Bertz CT molecular complexity index is 6170. The summed E-state index contributed by atoms with van der Waals surface area (Å²) in [7, 11) is 0. The number of nitrogens with zero attached hydrogens (tertiary/aromatic N) is 6. The minimum Gasteiger partial charge on any atom is -0.341 e. The lowest BCUT2D eigenvalue weighted by molar-refractivity contribution is 0.647. The zero-order valence-electron chi connectivity index (χ0n) is 62.4. The zero-order valence-corrected chi connectivity index (χ0v) is 62.4. The van der Waals surface area contributed by atoms with Gasteiger partial charge in [0.05, 0.1) is 51.2 Å². The van der Waals surface area contributed by atoms with Crippen molar-refractivity contribution >= 4 is 126 Å². The van der Waals surface area contributed by atoms with Gasteiger partial charge in [0.2, 0.25) is 0 Å². The van der Waals surface area contributed by atoms with E-state index in [-0.39, 0.29) is 16.7 Å². The Balaban J connectivity index is 0.521. The van der Waals surface area contributed by atoms with Gasteiger partial charge in [-0.1, -0.05) is 258 Å². The third kappa shape index (κ3) is 10.6. The van der Waals surface area contributed by atoms with E-state index < -0.39 is 0 Å². The van der Waals surface area contributed by atoms with Crippen LogP contribution in [0.2, 0.25) is 0 Å². The van der Waals surface area contributed by atoms with Crippen molar-refractivity contribution in [2.75, 3.05) is 42.5 Å². The second-order valence-corrected chi connectivity index (χ2v) is 31.5. The number of rotatable bonds is 11. The minimum absolute atomic E-state index is 0.124. The van der Waals surface area contributed by atoms with Gasteiger partial charge in [-0.3, -0.25) is 0 Å². The van der Waals surface area contributed by atoms with Crippen LogP contribution in [0, 0.1) is 0 Å². The van der Waals surface area contributed by atoms with Gasteiger partial charge in [-0.2, -0.15) is 0 Å². The number of fused-ring (bicyclic) bond motifs is 13. The van der Waals surface area contributed by atoms with Crippen molar-refractivity contribution in [2.45, 2.75) is 63.7 Å². The third-order valence-corrected chi connectivity index (χ3v) is 24.6. The summed E-state index contributed by atoms with van der Waals surface area (Å²) in [6.07, 6.45) is 12.4. The smallest absolute Gasteiger partial charge is 0.0703 e. The second kappa shape index (κ2) is 25.8. The quantitative estimate of drug-likeness (QED) is 0.119. The Morgan fingerprint density at radius 1 is 0.282 bits per heavy atom. The molecule has 2 aliphatic carbocycles. The number of anilines is 16. The van der Waals surface area contributed by atoms with Crippen molar-refractivity contribution in [1.82, 2.24) is 0 Å². The Morgan fingerprint density at radius 2 is 0.664 bits per heavy atom. The molecule has 6 aliphatic rings. The lowest BCUT2D eigenvalue weighted by Gasteiger charge is -2.40. The average Bonchev–Trinajstić information content (AvgIpc) is 1.20. The molecule has 4 aliphatic heterocycles. The highest BCUT2D eigenvalue weighted by Gasteiger charge is 2.40. The molecule has 15 aromatic carbocycles. The van der Waals surface area contributed by atoms with E-state index >= 15 is 0 Å². The Labute approximate surface area is 645 Å². The first-order valence-corrected chi connectivity index (χ1v) is 39.1. The second-order valence-electron chi connectivity index (χ2n) is 31.5. The molecule has 15 aromatic rings. The molecule has 1 unspecified atom stereocenters. The molecule has 6 heteroatoms. The molecule has 0 bridgehead atoms. The minimum atomic E-state index is -0.226. The molecule has 0 N–H and O–H groups in total. The molecule has 0 saturated carbocycles. The highest BCUT2D eigenvalue weighted by Crippen LogP contribution is 2.59. The summed E-state index contributed by atoms with van der Waals surface area (Å²) in [6.45, 7) is 11.5. The normalized spacial score (nSPS) is 15.9. The van der Waals surface area contributed by atoms with E-state index in [0.29, 0.717) is 0 Å². The molecule has 4 heterocycles. The molecule has 0 amide bonds. The van der Waals surface area contributed by atoms with Gasteiger partial charge in [-0.25, -0.2) is 0 Å². The van der Waals surface area contributed by atoms with Gasteiger partial charge in [0.25, 0.3) is 0 Å². The molecule has 110 heavy (non-hydrogen) atoms. The zero-order chi connectivity index (χ0) is 73.3. The molecule has 1 atom stereocenters. The van der Waals surface area contributed by atoms with E-state index in [1.54, 1.807) is 0 Å². The van der Waals surface area contributed by atoms with Crippen molar-refractivity contribution in [2.24, 2.45) is 0 Å². The predicted molar refractivity (Wildman–Crippen MR) is 464 cm³/mol. The molecule has 21 rings (SSSR count). The van der Waals surface area contributed by atoms with E-state index in [2.05, 4.69) is 415 Å². The van der Waals surface area contributed by atoms with E-state index in [0.717, 1.165) is 99.7 Å². The fourth-order valence-corrected chi connectivity index (χ4v) is 19.1. The van der Waals surface area contributed by atoms with Crippen molar-refractivity contribution in [3.8, 4) is 22.3 Å². The molecule has 0 aromatic heterocycles. The average molecular weight is 1420 g/mol. The summed E-state index contributed by atoms with van der Waals surface area (Å²) in [5.74, 6) is 0.273. The number of hydrogen-bond donors (Lipinski definition) is 0. The summed E-state index contributed by atoms with van der Waals surface area (Å²) < 4.78 is 0. The first-order chi connectivity index (χ1) is 54.1. The van der Waals surface area contributed by atoms with Gasteiger partial charge in [0, 0.05) is 75.0 Å². The van der Waals surface area contributed by atoms with Crippen LogP contribution in [0.5, 0.6) is 0 Å². The van der Waals surface area contributed by atoms with Crippen molar-refractivity contribution in [3.05, 3.63) is 395 Å². The van der Waals surface area contributed by atoms with E-state index in [1.807, 2.05) is 0 Å². The topological polar surface area (TPSA) is 19.4 Å². The van der Waals surface area contributed by atoms with Gasteiger partial charge >= 0.3 is 0 Å². The van der Waals surface area contributed by atoms with Gasteiger partial charge < -0.3 is 29.4 Å². The summed E-state index contributed by atoms with van der Waals surface area (Å²) in [5, 5.41) is 2.41. The molecule has 528 valence electrons. The number of aryl methyl sites for hydroxylation is 1. The number of hydrogen-bond acceptors (Lipinski definition) is 6. The maximum Gasteiger partial charge on any atom is 0.0703 e. The lowest BCUT2D eigenvalue weighted by atomic mass is 9.81. The van der Waals surface area contributed by atoms with E-state index in [4.69, 9.17) is 0 Å². The molecular weight excluding hydrogens is 1330 g/mol. The van der Waals surface area contributed by atoms with Crippen LogP contribution >= 0.6 is 0 Å². The number of benzene rings is 15. The van der Waals surface area contributed by atoms with Crippen LogP contribution in [0.3, 0.4) is 0 Å². The van der Waals surface area contributed by atoms with Crippen LogP contribution in [-0.2, 0) is 23.7 Å². The number of para-hydroxylation sites is 11. The van der Waals surface area contributed by atoms with Crippen LogP contribution in [0.1, 0.15) is 101 Å². The maximum atomic E-state index is 2.59. The van der Waals surface area contributed by atoms with Crippen LogP contribution < -0.4 is 29.4 Å². The monoisotopic (exact) mass is 1410 g/mol. The largest absolute Gasteiger partial charge is 0.341 e. The molecule has 0 radical (unpaired) electrons. The maximum absolute atomic E-state index is 2.59. The lowest BCUT2D eigenvalue weighted by Crippen LogP contribution is -2.31. The summed E-state index contributed by atoms with van der Waals surface area (Å²) >= 11 is 0. The van der Waals surface area contributed by atoms with Crippen LogP contribution in [0.15, 0.2) is 334 Å². The molecular formula is C104H82N6. The molecule has 0 spiro atoms. The van der Waals surface area contributed by atoms with Gasteiger partial charge in [0.1, 0.15) is 0 Å². The summed E-state index contributed by atoms with van der Waals surface area (Å²) in [5.41, 5.74) is 38.2.